The number of hydrogen-bond donors (Lipinski definition) is 1. The Morgan fingerprint density at radius 1 is 0.927 bits per heavy atom. The van der Waals surface area contributed by atoms with Crippen LogP contribution >= 0.6 is 0 Å². The lowest BCUT2D eigenvalue weighted by atomic mass is 10.1. The second-order valence-corrected chi connectivity index (χ2v) is 11.8. The minimum atomic E-state index is -4.30. The van der Waals surface area contributed by atoms with Crippen LogP contribution in [-0.4, -0.2) is 50.4 Å². The Morgan fingerprint density at radius 2 is 1.54 bits per heavy atom. The lowest BCUT2D eigenvalue weighted by molar-refractivity contribution is -0.140. The van der Waals surface area contributed by atoms with Crippen molar-refractivity contribution in [2.75, 3.05) is 17.5 Å². The lowest BCUT2D eigenvalue weighted by Gasteiger charge is -2.33. The van der Waals surface area contributed by atoms with Gasteiger partial charge in [-0.05, 0) is 88.2 Å². The number of carbonyl (C=O) groups excluding carboxylic acids is 2. The quantitative estimate of drug-likeness (QED) is 0.304. The Balaban J connectivity index is 2.06. The monoisotopic (exact) mass is 583 g/mol. The van der Waals surface area contributed by atoms with Crippen LogP contribution in [-0.2, 0) is 26.2 Å². The predicted octanol–water partition coefficient (Wildman–Crippen LogP) is 5.06. The van der Waals surface area contributed by atoms with E-state index in [1.165, 1.54) is 4.90 Å². The van der Waals surface area contributed by atoms with E-state index in [2.05, 4.69) is 5.32 Å². The second-order valence-electron chi connectivity index (χ2n) is 9.99. The average molecular weight is 584 g/mol. The highest BCUT2D eigenvalue weighted by atomic mass is 32.2. The SMILES string of the molecule is CCOc1ccc(N(CC(=O)N(Cc2ccc(C)cc2)[C@@H](CC)C(=O)NC(C)C)S(=O)(=O)c2ccc(F)cc2)cc1. The fourth-order valence-electron chi connectivity index (χ4n) is 4.33. The highest BCUT2D eigenvalue weighted by Gasteiger charge is 2.34. The van der Waals surface area contributed by atoms with E-state index in [1.807, 2.05) is 52.0 Å². The minimum absolute atomic E-state index is 0.108. The molecule has 0 spiro atoms. The number of ether oxygens (including phenoxy) is 1. The summed E-state index contributed by atoms with van der Waals surface area (Å²) in [5, 5.41) is 2.87. The fourth-order valence-corrected chi connectivity index (χ4v) is 5.74. The number of nitrogens with zero attached hydrogens (tertiary/aromatic N) is 2. The number of benzene rings is 3. The number of halogens is 1. The van der Waals surface area contributed by atoms with E-state index in [0.717, 1.165) is 39.7 Å². The zero-order valence-corrected chi connectivity index (χ0v) is 24.9. The molecule has 220 valence electrons. The first-order valence-corrected chi connectivity index (χ1v) is 15.1. The Bertz CT molecular complexity index is 1410. The van der Waals surface area contributed by atoms with Crippen molar-refractivity contribution < 1.29 is 27.1 Å². The van der Waals surface area contributed by atoms with Crippen LogP contribution in [0.25, 0.3) is 0 Å². The Hall–Kier alpha value is -3.92. The van der Waals surface area contributed by atoms with Crippen LogP contribution < -0.4 is 14.4 Å². The van der Waals surface area contributed by atoms with E-state index in [9.17, 15) is 22.4 Å². The molecule has 3 rings (SSSR count). The second kappa shape index (κ2) is 14.1. The molecule has 0 radical (unpaired) electrons. The van der Waals surface area contributed by atoms with Gasteiger partial charge >= 0.3 is 0 Å². The van der Waals surface area contributed by atoms with Gasteiger partial charge in [0.2, 0.25) is 11.8 Å². The molecular weight excluding hydrogens is 545 g/mol. The molecule has 8 nitrogen and oxygen atoms in total. The van der Waals surface area contributed by atoms with E-state index < -0.39 is 34.3 Å². The number of sulfonamides is 1. The Kier molecular flexibility index (Phi) is 10.9. The van der Waals surface area contributed by atoms with Crippen molar-refractivity contribution in [3.05, 3.63) is 89.7 Å². The molecule has 0 saturated heterocycles. The first-order valence-electron chi connectivity index (χ1n) is 13.6. The normalized spacial score (nSPS) is 12.1. The van der Waals surface area contributed by atoms with Gasteiger partial charge in [0.25, 0.3) is 10.0 Å². The fraction of sp³-hybridized carbons (Fsp3) is 0.355. The number of carbonyl (C=O) groups is 2. The summed E-state index contributed by atoms with van der Waals surface area (Å²) in [7, 11) is -4.30. The summed E-state index contributed by atoms with van der Waals surface area (Å²) < 4.78 is 47.8. The maximum Gasteiger partial charge on any atom is 0.264 e. The van der Waals surface area contributed by atoms with Gasteiger partial charge in [0.15, 0.2) is 0 Å². The summed E-state index contributed by atoms with van der Waals surface area (Å²) in [4.78, 5) is 28.5. The Morgan fingerprint density at radius 3 is 2.07 bits per heavy atom. The predicted molar refractivity (Wildman–Crippen MR) is 158 cm³/mol. The van der Waals surface area contributed by atoms with Crippen LogP contribution in [0.5, 0.6) is 5.75 Å². The Labute approximate surface area is 242 Å². The van der Waals surface area contributed by atoms with Gasteiger partial charge in [-0.15, -0.1) is 0 Å². The maximum absolute atomic E-state index is 14.0. The van der Waals surface area contributed by atoms with Gasteiger partial charge in [-0.2, -0.15) is 0 Å². The molecule has 0 unspecified atom stereocenters. The van der Waals surface area contributed by atoms with Gasteiger partial charge in [0.05, 0.1) is 17.2 Å². The third-order valence-electron chi connectivity index (χ3n) is 6.41. The van der Waals surface area contributed by atoms with Gasteiger partial charge in [0, 0.05) is 12.6 Å². The molecule has 0 aliphatic carbocycles. The average Bonchev–Trinajstić information content (AvgIpc) is 2.93. The van der Waals surface area contributed by atoms with Crippen molar-refractivity contribution in [1.82, 2.24) is 10.2 Å². The molecule has 0 aliphatic rings. The van der Waals surface area contributed by atoms with Gasteiger partial charge in [-0.3, -0.25) is 13.9 Å². The summed E-state index contributed by atoms with van der Waals surface area (Å²) in [5.74, 6) is -0.925. The third kappa shape index (κ3) is 8.29. The highest BCUT2D eigenvalue weighted by Crippen LogP contribution is 2.27. The van der Waals surface area contributed by atoms with E-state index in [-0.39, 0.29) is 29.1 Å². The summed E-state index contributed by atoms with van der Waals surface area (Å²) in [6.07, 6.45) is 0.323. The maximum atomic E-state index is 14.0. The van der Waals surface area contributed by atoms with Crippen LogP contribution in [0.3, 0.4) is 0 Å². The molecule has 3 aromatic rings. The van der Waals surface area contributed by atoms with Crippen molar-refractivity contribution >= 4 is 27.5 Å². The topological polar surface area (TPSA) is 96.0 Å². The molecule has 1 atom stereocenters. The molecule has 0 aliphatic heterocycles. The highest BCUT2D eigenvalue weighted by molar-refractivity contribution is 7.92. The number of aryl methyl sites for hydroxylation is 1. The molecule has 2 amide bonds. The van der Waals surface area contributed by atoms with Crippen LogP contribution in [0, 0.1) is 12.7 Å². The largest absolute Gasteiger partial charge is 0.494 e. The zero-order chi connectivity index (χ0) is 30.2. The summed E-state index contributed by atoms with van der Waals surface area (Å²) in [6, 6.07) is 17.4. The van der Waals surface area contributed by atoms with Crippen molar-refractivity contribution in [2.45, 2.75) is 64.6 Å². The van der Waals surface area contributed by atoms with Gasteiger partial charge in [-0.25, -0.2) is 12.8 Å². The number of nitrogens with one attached hydrogen (secondary N) is 1. The lowest BCUT2D eigenvalue weighted by Crippen LogP contribution is -2.53. The van der Waals surface area contributed by atoms with E-state index in [4.69, 9.17) is 4.74 Å². The summed E-state index contributed by atoms with van der Waals surface area (Å²) in [6.45, 7) is 9.22. The number of rotatable bonds is 13. The molecule has 10 heteroatoms. The van der Waals surface area contributed by atoms with Gasteiger partial charge in [0.1, 0.15) is 24.2 Å². The van der Waals surface area contributed by atoms with Gasteiger partial charge < -0.3 is 15.0 Å². The number of anilines is 1. The van der Waals surface area contributed by atoms with Crippen LogP contribution in [0.4, 0.5) is 10.1 Å². The van der Waals surface area contributed by atoms with Crippen molar-refractivity contribution in [3.8, 4) is 5.75 Å². The van der Waals surface area contributed by atoms with Crippen LogP contribution in [0.1, 0.15) is 45.2 Å². The van der Waals surface area contributed by atoms with Gasteiger partial charge in [-0.1, -0.05) is 36.8 Å². The molecule has 0 heterocycles. The van der Waals surface area contributed by atoms with Crippen LogP contribution in [0.2, 0.25) is 0 Å². The third-order valence-corrected chi connectivity index (χ3v) is 8.19. The minimum Gasteiger partial charge on any atom is -0.494 e. The summed E-state index contributed by atoms with van der Waals surface area (Å²) in [5.41, 5.74) is 2.07. The van der Waals surface area contributed by atoms with E-state index in [1.54, 1.807) is 31.2 Å². The molecule has 1 N–H and O–H groups in total. The first kappa shape index (κ1) is 31.6. The first-order chi connectivity index (χ1) is 19.5. The molecule has 0 bridgehead atoms. The standard InChI is InChI=1S/C31H38FN3O5S/c1-6-29(31(37)33-22(3)4)34(20-24-10-8-23(5)9-11-24)30(36)21-35(26-14-16-27(17-15-26)40-7-2)41(38,39)28-18-12-25(32)13-19-28/h8-19,22,29H,6-7,20-21H2,1-5H3,(H,33,37)/t29-/m0/s1. The van der Waals surface area contributed by atoms with Crippen LogP contribution in [0.15, 0.2) is 77.7 Å². The molecular formula is C31H38FN3O5S. The van der Waals surface area contributed by atoms with Crippen molar-refractivity contribution in [2.24, 2.45) is 0 Å². The summed E-state index contributed by atoms with van der Waals surface area (Å²) >= 11 is 0. The zero-order valence-electron chi connectivity index (χ0n) is 24.1. The molecule has 3 aromatic carbocycles. The molecule has 0 aromatic heterocycles. The van der Waals surface area contributed by atoms with Crippen molar-refractivity contribution in [1.29, 1.82) is 0 Å². The molecule has 0 saturated carbocycles. The molecule has 0 fully saturated rings. The van der Waals surface area contributed by atoms with E-state index >= 15 is 0 Å². The number of hydrogen-bond acceptors (Lipinski definition) is 5. The smallest absolute Gasteiger partial charge is 0.264 e. The van der Waals surface area contributed by atoms with E-state index in [0.29, 0.717) is 18.8 Å². The number of amides is 2. The van der Waals surface area contributed by atoms with Crippen molar-refractivity contribution in [3.63, 3.8) is 0 Å². The molecule has 41 heavy (non-hydrogen) atoms.